The maximum Gasteiger partial charge on any atom is 0.162 e. The van der Waals surface area contributed by atoms with E-state index in [1.54, 1.807) is 6.08 Å². The van der Waals surface area contributed by atoms with Crippen molar-refractivity contribution in [3.63, 3.8) is 0 Å². The van der Waals surface area contributed by atoms with Crippen molar-refractivity contribution in [3.8, 4) is 0 Å². The molecule has 1 saturated heterocycles. The fraction of sp³-hybridized carbons (Fsp3) is 0.526. The molecule has 0 radical (unpaired) electrons. The quantitative estimate of drug-likeness (QED) is 0.759. The molecule has 2 heteroatoms. The van der Waals surface area contributed by atoms with E-state index < -0.39 is 0 Å². The molecule has 0 aliphatic carbocycles. The molecule has 114 valence electrons. The number of aryl methyl sites for hydroxylation is 1. The monoisotopic (exact) mass is 285 g/mol. The lowest BCUT2D eigenvalue weighted by Gasteiger charge is -2.33. The topological polar surface area (TPSA) is 20.3 Å². The lowest BCUT2D eigenvalue weighted by Crippen LogP contribution is -2.41. The molecule has 1 aromatic rings. The second-order valence-electron chi connectivity index (χ2n) is 6.83. The lowest BCUT2D eigenvalue weighted by atomic mass is 9.86. The molecule has 1 heterocycles. The summed E-state index contributed by atoms with van der Waals surface area (Å²) in [5, 5.41) is 0. The number of piperidine rings is 1. The summed E-state index contributed by atoms with van der Waals surface area (Å²) in [6.07, 6.45) is 7.54. The van der Waals surface area contributed by atoms with Crippen molar-refractivity contribution in [2.45, 2.75) is 40.0 Å². The number of nitrogens with zero attached hydrogens (tertiary/aromatic N) is 1. The van der Waals surface area contributed by atoms with E-state index in [1.807, 2.05) is 6.08 Å². The number of ketones is 1. The van der Waals surface area contributed by atoms with Crippen LogP contribution in [0.15, 0.2) is 30.3 Å². The van der Waals surface area contributed by atoms with E-state index in [0.29, 0.717) is 0 Å². The first-order valence-corrected chi connectivity index (χ1v) is 7.99. The van der Waals surface area contributed by atoms with Gasteiger partial charge in [-0.3, -0.25) is 4.79 Å². The van der Waals surface area contributed by atoms with Gasteiger partial charge in [0.15, 0.2) is 5.78 Å². The summed E-state index contributed by atoms with van der Waals surface area (Å²) in [5.74, 6) is 0.216. The molecule has 2 nitrogen and oxygen atoms in total. The predicted molar refractivity (Wildman–Crippen MR) is 89.3 cm³/mol. The maximum atomic E-state index is 12.5. The van der Waals surface area contributed by atoms with E-state index in [-0.39, 0.29) is 11.2 Å². The van der Waals surface area contributed by atoms with Gasteiger partial charge in [-0.15, -0.1) is 0 Å². The Hall–Kier alpha value is -1.41. The van der Waals surface area contributed by atoms with Crippen LogP contribution in [0.2, 0.25) is 0 Å². The molecular weight excluding hydrogens is 258 g/mol. The molecule has 1 aliphatic heterocycles. The molecule has 0 bridgehead atoms. The SMILES string of the molecule is Cc1ccc(/C=C\C(=O)C(C)(C)CN2CCCCC2)cc1. The molecule has 0 unspecified atom stereocenters. The van der Waals surface area contributed by atoms with Gasteiger partial charge in [0, 0.05) is 12.0 Å². The van der Waals surface area contributed by atoms with E-state index in [0.717, 1.165) is 25.2 Å². The fourth-order valence-electron chi connectivity index (χ4n) is 2.83. The van der Waals surface area contributed by atoms with Crippen molar-refractivity contribution >= 4 is 11.9 Å². The zero-order valence-corrected chi connectivity index (χ0v) is 13.6. The summed E-state index contributed by atoms with van der Waals surface area (Å²) >= 11 is 0. The Bertz CT molecular complexity index is 493. The van der Waals surface area contributed by atoms with E-state index in [4.69, 9.17) is 0 Å². The van der Waals surface area contributed by atoms with Crippen LogP contribution in [0.25, 0.3) is 6.08 Å². The summed E-state index contributed by atoms with van der Waals surface area (Å²) < 4.78 is 0. The molecule has 1 aliphatic rings. The molecule has 0 amide bonds. The minimum atomic E-state index is -0.307. The molecule has 0 aromatic heterocycles. The number of benzene rings is 1. The van der Waals surface area contributed by atoms with Gasteiger partial charge in [-0.2, -0.15) is 0 Å². The van der Waals surface area contributed by atoms with Gasteiger partial charge in [-0.05, 0) is 44.5 Å². The molecule has 21 heavy (non-hydrogen) atoms. The van der Waals surface area contributed by atoms with Crippen LogP contribution in [0.5, 0.6) is 0 Å². The third-order valence-electron chi connectivity index (χ3n) is 4.24. The third-order valence-corrected chi connectivity index (χ3v) is 4.24. The Balaban J connectivity index is 1.95. The van der Waals surface area contributed by atoms with E-state index in [1.165, 1.54) is 24.8 Å². The highest BCUT2D eigenvalue weighted by molar-refractivity contribution is 5.97. The minimum absolute atomic E-state index is 0.216. The number of allylic oxidation sites excluding steroid dienone is 1. The number of hydrogen-bond acceptors (Lipinski definition) is 2. The zero-order valence-electron chi connectivity index (χ0n) is 13.6. The number of hydrogen-bond donors (Lipinski definition) is 0. The second kappa shape index (κ2) is 7.04. The van der Waals surface area contributed by atoms with Gasteiger partial charge in [0.25, 0.3) is 0 Å². The van der Waals surface area contributed by atoms with Gasteiger partial charge in [0.1, 0.15) is 0 Å². The van der Waals surface area contributed by atoms with Gasteiger partial charge < -0.3 is 4.90 Å². The zero-order chi connectivity index (χ0) is 15.3. The van der Waals surface area contributed by atoms with Gasteiger partial charge in [0.2, 0.25) is 0 Å². The summed E-state index contributed by atoms with van der Waals surface area (Å²) in [5.41, 5.74) is 2.02. The molecule has 0 N–H and O–H groups in total. The molecule has 1 fully saturated rings. The first-order chi connectivity index (χ1) is 9.97. The average Bonchev–Trinajstić information content (AvgIpc) is 2.47. The summed E-state index contributed by atoms with van der Waals surface area (Å²) in [7, 11) is 0. The normalized spacial score (nSPS) is 17.3. The van der Waals surface area contributed by atoms with Gasteiger partial charge in [0.05, 0.1) is 0 Å². The van der Waals surface area contributed by atoms with Crippen LogP contribution in [0.1, 0.15) is 44.2 Å². The molecule has 2 rings (SSSR count). The highest BCUT2D eigenvalue weighted by Crippen LogP contribution is 2.22. The maximum absolute atomic E-state index is 12.5. The minimum Gasteiger partial charge on any atom is -0.302 e. The smallest absolute Gasteiger partial charge is 0.162 e. The summed E-state index contributed by atoms with van der Waals surface area (Å²) in [4.78, 5) is 14.9. The highest BCUT2D eigenvalue weighted by atomic mass is 16.1. The van der Waals surface area contributed by atoms with Crippen molar-refractivity contribution < 1.29 is 4.79 Å². The molecular formula is C19H27NO. The van der Waals surface area contributed by atoms with Crippen LogP contribution in [0.3, 0.4) is 0 Å². The standard InChI is InChI=1S/C19H27NO/c1-16-7-9-17(10-8-16)11-12-18(21)19(2,3)15-20-13-5-4-6-14-20/h7-12H,4-6,13-15H2,1-3H3/b12-11-. The summed E-state index contributed by atoms with van der Waals surface area (Å²) in [6, 6.07) is 8.25. The molecule has 0 spiro atoms. The second-order valence-corrected chi connectivity index (χ2v) is 6.83. The predicted octanol–water partition coefficient (Wildman–Crippen LogP) is 4.09. The molecule has 0 atom stereocenters. The van der Waals surface area contributed by atoms with E-state index in [2.05, 4.69) is 49.9 Å². The summed E-state index contributed by atoms with van der Waals surface area (Å²) in [6.45, 7) is 9.33. The Kier molecular flexibility index (Phi) is 5.35. The molecule has 0 saturated carbocycles. The fourth-order valence-corrected chi connectivity index (χ4v) is 2.83. The molecule has 1 aromatic carbocycles. The van der Waals surface area contributed by atoms with Crippen LogP contribution in [0.4, 0.5) is 0 Å². The van der Waals surface area contributed by atoms with Gasteiger partial charge in [-0.25, -0.2) is 0 Å². The van der Waals surface area contributed by atoms with Crippen LogP contribution in [-0.4, -0.2) is 30.3 Å². The van der Waals surface area contributed by atoms with Crippen LogP contribution in [0, 0.1) is 12.3 Å². The average molecular weight is 285 g/mol. The number of likely N-dealkylation sites (tertiary alicyclic amines) is 1. The Morgan fingerprint density at radius 2 is 1.76 bits per heavy atom. The van der Waals surface area contributed by atoms with Crippen molar-refractivity contribution in [2.24, 2.45) is 5.41 Å². The largest absolute Gasteiger partial charge is 0.302 e. The Labute approximate surface area is 128 Å². The first-order valence-electron chi connectivity index (χ1n) is 7.99. The van der Waals surface area contributed by atoms with Crippen molar-refractivity contribution in [2.75, 3.05) is 19.6 Å². The third kappa shape index (κ3) is 4.82. The number of carbonyl (C=O) groups is 1. The highest BCUT2D eigenvalue weighted by Gasteiger charge is 2.28. The van der Waals surface area contributed by atoms with Gasteiger partial charge in [-0.1, -0.05) is 56.2 Å². The van der Waals surface area contributed by atoms with Crippen LogP contribution >= 0.6 is 0 Å². The van der Waals surface area contributed by atoms with E-state index >= 15 is 0 Å². The number of rotatable bonds is 5. The Morgan fingerprint density at radius 1 is 1.14 bits per heavy atom. The lowest BCUT2D eigenvalue weighted by molar-refractivity contribution is -0.123. The van der Waals surface area contributed by atoms with E-state index in [9.17, 15) is 4.79 Å². The number of carbonyl (C=O) groups excluding carboxylic acids is 1. The Morgan fingerprint density at radius 3 is 2.38 bits per heavy atom. The van der Waals surface area contributed by atoms with Gasteiger partial charge >= 0.3 is 0 Å². The van der Waals surface area contributed by atoms with Crippen LogP contribution in [-0.2, 0) is 4.79 Å². The van der Waals surface area contributed by atoms with Crippen molar-refractivity contribution in [1.82, 2.24) is 4.90 Å². The van der Waals surface area contributed by atoms with Crippen molar-refractivity contribution in [3.05, 3.63) is 41.5 Å². The van der Waals surface area contributed by atoms with Crippen LogP contribution < -0.4 is 0 Å². The first kappa shape index (κ1) is 16.0. The van der Waals surface area contributed by atoms with Crippen molar-refractivity contribution in [1.29, 1.82) is 0 Å².